The number of amides is 1. The van der Waals surface area contributed by atoms with Crippen LogP contribution in [0.2, 0.25) is 5.02 Å². The Morgan fingerprint density at radius 1 is 1.50 bits per heavy atom. The van der Waals surface area contributed by atoms with Crippen molar-refractivity contribution in [2.75, 3.05) is 18.6 Å². The summed E-state index contributed by atoms with van der Waals surface area (Å²) < 4.78 is 5.13. The zero-order valence-corrected chi connectivity index (χ0v) is 13.2. The lowest BCUT2D eigenvalue weighted by Gasteiger charge is -2.26. The molecule has 0 saturated heterocycles. The maximum atomic E-state index is 12.5. The van der Waals surface area contributed by atoms with Crippen LogP contribution < -0.4 is 9.64 Å². The van der Waals surface area contributed by atoms with Crippen LogP contribution in [0.3, 0.4) is 0 Å². The molecule has 1 aromatic carbocycles. The Bertz CT molecular complexity index is 684. The zero-order valence-electron chi connectivity index (χ0n) is 12.4. The molecule has 0 saturated carbocycles. The van der Waals surface area contributed by atoms with E-state index in [-0.39, 0.29) is 5.91 Å². The van der Waals surface area contributed by atoms with Gasteiger partial charge in [0.15, 0.2) is 0 Å². The molecule has 0 spiro atoms. The maximum absolute atomic E-state index is 12.5. The lowest BCUT2D eigenvalue weighted by atomic mass is 10.1. The number of carbonyl (C=O) groups is 1. The number of carbonyl (C=O) groups excluding carboxylic acids is 1. The van der Waals surface area contributed by atoms with E-state index in [1.807, 2.05) is 23.1 Å². The number of benzene rings is 1. The number of aryl methyl sites for hydroxylation is 2. The maximum Gasteiger partial charge on any atom is 0.227 e. The van der Waals surface area contributed by atoms with E-state index in [1.165, 1.54) is 0 Å². The minimum atomic E-state index is 0.120. The Morgan fingerprint density at radius 2 is 2.36 bits per heavy atom. The number of aromatic amines is 1. The summed E-state index contributed by atoms with van der Waals surface area (Å²) in [4.78, 5) is 14.3. The molecule has 0 radical (unpaired) electrons. The molecule has 0 unspecified atom stereocenters. The minimum Gasteiger partial charge on any atom is -0.495 e. The molecule has 0 fully saturated rings. The van der Waals surface area contributed by atoms with Crippen molar-refractivity contribution in [1.29, 1.82) is 0 Å². The minimum absolute atomic E-state index is 0.120. The summed E-state index contributed by atoms with van der Waals surface area (Å²) in [6.45, 7) is 0.759. The fourth-order valence-corrected chi connectivity index (χ4v) is 3.05. The largest absolute Gasteiger partial charge is 0.495 e. The fourth-order valence-electron chi connectivity index (χ4n) is 2.77. The number of anilines is 1. The summed E-state index contributed by atoms with van der Waals surface area (Å²) in [5.74, 6) is 0.769. The number of aromatic nitrogens is 2. The Labute approximate surface area is 134 Å². The first-order chi connectivity index (χ1) is 10.7. The average Bonchev–Trinajstić information content (AvgIpc) is 3.01. The molecule has 0 bridgehead atoms. The fraction of sp³-hybridized carbons (Fsp3) is 0.375. The summed E-state index contributed by atoms with van der Waals surface area (Å²) in [6, 6.07) is 5.63. The standard InChI is InChI=1S/C16H18ClN3O2/c1-22-15-6-4-11(9-12(15)17)5-7-16(21)20-8-2-3-13-14(20)10-18-19-13/h4,6,9-10H,2-3,5,7-8H2,1H3,(H,18,19). The highest BCUT2D eigenvalue weighted by Gasteiger charge is 2.23. The number of rotatable bonds is 4. The smallest absolute Gasteiger partial charge is 0.227 e. The second kappa shape index (κ2) is 6.40. The number of hydrogen-bond donors (Lipinski definition) is 1. The molecule has 22 heavy (non-hydrogen) atoms. The monoisotopic (exact) mass is 319 g/mol. The van der Waals surface area contributed by atoms with Gasteiger partial charge in [-0.15, -0.1) is 0 Å². The Morgan fingerprint density at radius 3 is 3.14 bits per heavy atom. The second-order valence-corrected chi connectivity index (χ2v) is 5.76. The molecule has 2 heterocycles. The summed E-state index contributed by atoms with van der Waals surface area (Å²) in [7, 11) is 1.59. The molecule has 116 valence electrons. The highest BCUT2D eigenvalue weighted by molar-refractivity contribution is 6.32. The van der Waals surface area contributed by atoms with Crippen LogP contribution in [0.4, 0.5) is 5.69 Å². The lowest BCUT2D eigenvalue weighted by Crippen LogP contribution is -2.35. The topological polar surface area (TPSA) is 58.2 Å². The van der Waals surface area contributed by atoms with Crippen LogP contribution >= 0.6 is 11.6 Å². The molecule has 0 aliphatic carbocycles. The summed E-state index contributed by atoms with van der Waals surface area (Å²) >= 11 is 6.11. The third-order valence-corrected chi connectivity index (χ3v) is 4.23. The van der Waals surface area contributed by atoms with Crippen molar-refractivity contribution in [3.63, 3.8) is 0 Å². The van der Waals surface area contributed by atoms with E-state index in [1.54, 1.807) is 13.3 Å². The molecule has 1 amide bonds. The number of ether oxygens (including phenoxy) is 1. The molecule has 1 N–H and O–H groups in total. The van der Waals surface area contributed by atoms with Crippen LogP contribution in [0.15, 0.2) is 24.4 Å². The van der Waals surface area contributed by atoms with Crippen molar-refractivity contribution < 1.29 is 9.53 Å². The van der Waals surface area contributed by atoms with Gasteiger partial charge in [-0.1, -0.05) is 17.7 Å². The van der Waals surface area contributed by atoms with Crippen LogP contribution in [0.25, 0.3) is 0 Å². The molecule has 0 atom stereocenters. The molecule has 6 heteroatoms. The number of nitrogens with one attached hydrogen (secondary N) is 1. The first-order valence-corrected chi connectivity index (χ1v) is 7.72. The van der Waals surface area contributed by atoms with Gasteiger partial charge in [0.2, 0.25) is 5.91 Å². The van der Waals surface area contributed by atoms with E-state index in [4.69, 9.17) is 16.3 Å². The van der Waals surface area contributed by atoms with E-state index >= 15 is 0 Å². The summed E-state index contributed by atoms with van der Waals surface area (Å²) in [6.07, 6.45) is 4.76. The van der Waals surface area contributed by atoms with Gasteiger partial charge in [0.25, 0.3) is 0 Å². The molecule has 1 aliphatic heterocycles. The van der Waals surface area contributed by atoms with Gasteiger partial charge in [-0.2, -0.15) is 5.10 Å². The van der Waals surface area contributed by atoms with Crippen molar-refractivity contribution in [2.24, 2.45) is 0 Å². The van der Waals surface area contributed by atoms with E-state index in [0.29, 0.717) is 23.6 Å². The molecular weight excluding hydrogens is 302 g/mol. The quantitative estimate of drug-likeness (QED) is 0.942. The number of H-pyrrole nitrogens is 1. The predicted molar refractivity (Wildman–Crippen MR) is 85.6 cm³/mol. The first kappa shape index (κ1) is 14.9. The Hall–Kier alpha value is -2.01. The number of hydrogen-bond acceptors (Lipinski definition) is 3. The molecular formula is C16H18ClN3O2. The van der Waals surface area contributed by atoms with Crippen LogP contribution in [0, 0.1) is 0 Å². The van der Waals surface area contributed by atoms with Gasteiger partial charge in [-0.05, 0) is 37.0 Å². The molecule has 5 nitrogen and oxygen atoms in total. The number of halogens is 1. The Kier molecular flexibility index (Phi) is 4.34. The predicted octanol–water partition coefficient (Wildman–Crippen LogP) is 2.98. The molecule has 2 aromatic rings. The third-order valence-electron chi connectivity index (χ3n) is 3.94. The van der Waals surface area contributed by atoms with Crippen LogP contribution in [0.5, 0.6) is 5.75 Å². The molecule has 3 rings (SSSR count). The summed E-state index contributed by atoms with van der Waals surface area (Å²) in [5.41, 5.74) is 3.00. The van der Waals surface area contributed by atoms with E-state index < -0.39 is 0 Å². The van der Waals surface area contributed by atoms with Gasteiger partial charge in [0, 0.05) is 13.0 Å². The highest BCUT2D eigenvalue weighted by Crippen LogP contribution is 2.27. The number of fused-ring (bicyclic) bond motifs is 1. The van der Waals surface area contributed by atoms with Gasteiger partial charge in [-0.25, -0.2) is 0 Å². The van der Waals surface area contributed by atoms with E-state index in [0.717, 1.165) is 36.3 Å². The zero-order chi connectivity index (χ0) is 15.5. The van der Waals surface area contributed by atoms with Crippen molar-refractivity contribution in [3.8, 4) is 5.75 Å². The normalized spacial score (nSPS) is 13.8. The van der Waals surface area contributed by atoms with Gasteiger partial charge in [-0.3, -0.25) is 9.89 Å². The highest BCUT2D eigenvalue weighted by atomic mass is 35.5. The second-order valence-electron chi connectivity index (χ2n) is 5.35. The van der Waals surface area contributed by atoms with Gasteiger partial charge < -0.3 is 9.64 Å². The van der Waals surface area contributed by atoms with Gasteiger partial charge in [0.05, 0.1) is 29.7 Å². The van der Waals surface area contributed by atoms with Crippen LogP contribution in [0.1, 0.15) is 24.1 Å². The van der Waals surface area contributed by atoms with Gasteiger partial charge >= 0.3 is 0 Å². The molecule has 1 aromatic heterocycles. The van der Waals surface area contributed by atoms with E-state index in [9.17, 15) is 4.79 Å². The molecule has 1 aliphatic rings. The number of nitrogens with zero attached hydrogens (tertiary/aromatic N) is 2. The SMILES string of the molecule is COc1ccc(CCC(=O)N2CCCc3[nH]ncc32)cc1Cl. The third kappa shape index (κ3) is 2.95. The van der Waals surface area contributed by atoms with Crippen molar-refractivity contribution >= 4 is 23.2 Å². The van der Waals surface area contributed by atoms with E-state index in [2.05, 4.69) is 10.2 Å². The van der Waals surface area contributed by atoms with Gasteiger partial charge in [0.1, 0.15) is 5.75 Å². The van der Waals surface area contributed by atoms with Crippen LogP contribution in [-0.4, -0.2) is 29.8 Å². The first-order valence-electron chi connectivity index (χ1n) is 7.34. The summed E-state index contributed by atoms with van der Waals surface area (Å²) in [5, 5.41) is 7.57. The Balaban J connectivity index is 1.65. The van der Waals surface area contributed by atoms with Crippen molar-refractivity contribution in [3.05, 3.63) is 40.7 Å². The average molecular weight is 320 g/mol. The van der Waals surface area contributed by atoms with Crippen LogP contribution in [-0.2, 0) is 17.6 Å². The number of methoxy groups -OCH3 is 1. The van der Waals surface area contributed by atoms with Crippen molar-refractivity contribution in [1.82, 2.24) is 10.2 Å². The lowest BCUT2D eigenvalue weighted by molar-refractivity contribution is -0.118. The van der Waals surface area contributed by atoms with Crippen molar-refractivity contribution in [2.45, 2.75) is 25.7 Å².